The van der Waals surface area contributed by atoms with Crippen LogP contribution in [0.3, 0.4) is 0 Å². The number of fused-ring (bicyclic) bond motifs is 1. The molecule has 3 aromatic rings. The number of hydrazone groups is 1. The Labute approximate surface area is 138 Å². The standard InChI is InChI=1S/C18H15N3O3/c1-24-17-10-12(6-9-16(17)22)11-19-21-18(23)15-8-7-13-4-2-3-5-14(13)20-15/h2-11,22H,1H3,(H,21,23). The summed E-state index contributed by atoms with van der Waals surface area (Å²) in [6.07, 6.45) is 1.46. The summed E-state index contributed by atoms with van der Waals surface area (Å²) in [4.78, 5) is 16.4. The number of aromatic hydroxyl groups is 1. The topological polar surface area (TPSA) is 83.8 Å². The number of aromatic nitrogens is 1. The van der Waals surface area contributed by atoms with Crippen LogP contribution < -0.4 is 10.2 Å². The summed E-state index contributed by atoms with van der Waals surface area (Å²) in [7, 11) is 1.46. The molecule has 120 valence electrons. The predicted octanol–water partition coefficient (Wildman–Crippen LogP) is 2.71. The second-order valence-electron chi connectivity index (χ2n) is 5.02. The molecule has 0 fully saturated rings. The van der Waals surface area contributed by atoms with Crippen LogP contribution in [0, 0.1) is 0 Å². The molecule has 0 bridgehead atoms. The second-order valence-corrected chi connectivity index (χ2v) is 5.02. The minimum atomic E-state index is -0.400. The number of hydrogen-bond donors (Lipinski definition) is 2. The highest BCUT2D eigenvalue weighted by molar-refractivity contribution is 5.95. The lowest BCUT2D eigenvalue weighted by atomic mass is 10.2. The quantitative estimate of drug-likeness (QED) is 0.571. The van der Waals surface area contributed by atoms with Crippen LogP contribution >= 0.6 is 0 Å². The van der Waals surface area contributed by atoms with E-state index in [9.17, 15) is 9.90 Å². The van der Waals surface area contributed by atoms with Crippen molar-refractivity contribution in [3.8, 4) is 11.5 Å². The lowest BCUT2D eigenvalue weighted by molar-refractivity contribution is 0.0950. The molecule has 0 aliphatic rings. The van der Waals surface area contributed by atoms with Gasteiger partial charge in [-0.05, 0) is 35.9 Å². The molecule has 0 atom stereocenters. The molecule has 0 aliphatic carbocycles. The molecule has 0 unspecified atom stereocenters. The summed E-state index contributed by atoms with van der Waals surface area (Å²) in [6, 6.07) is 15.8. The van der Waals surface area contributed by atoms with Gasteiger partial charge in [-0.3, -0.25) is 4.79 Å². The van der Waals surface area contributed by atoms with Crippen LogP contribution in [0.25, 0.3) is 10.9 Å². The zero-order valence-electron chi connectivity index (χ0n) is 12.9. The highest BCUT2D eigenvalue weighted by Crippen LogP contribution is 2.25. The number of nitrogens with zero attached hydrogens (tertiary/aromatic N) is 2. The van der Waals surface area contributed by atoms with E-state index in [1.54, 1.807) is 18.2 Å². The van der Waals surface area contributed by atoms with Gasteiger partial charge in [0.25, 0.3) is 5.91 Å². The summed E-state index contributed by atoms with van der Waals surface area (Å²) in [5, 5.41) is 14.4. The Kier molecular flexibility index (Phi) is 4.38. The molecular weight excluding hydrogens is 306 g/mol. The number of ether oxygens (including phenoxy) is 1. The van der Waals surface area contributed by atoms with E-state index in [1.165, 1.54) is 19.4 Å². The first-order valence-electron chi connectivity index (χ1n) is 7.23. The van der Waals surface area contributed by atoms with Crippen molar-refractivity contribution < 1.29 is 14.6 Å². The van der Waals surface area contributed by atoms with Crippen LogP contribution in [0.15, 0.2) is 59.7 Å². The second kappa shape index (κ2) is 6.78. The number of nitrogens with one attached hydrogen (secondary N) is 1. The molecule has 3 rings (SSSR count). The van der Waals surface area contributed by atoms with Crippen LogP contribution in [-0.4, -0.2) is 29.3 Å². The number of methoxy groups -OCH3 is 1. The molecule has 6 nitrogen and oxygen atoms in total. The lowest BCUT2D eigenvalue weighted by Crippen LogP contribution is -2.18. The third-order valence-electron chi connectivity index (χ3n) is 3.41. The largest absolute Gasteiger partial charge is 0.504 e. The van der Waals surface area contributed by atoms with Gasteiger partial charge in [-0.1, -0.05) is 24.3 Å². The Balaban J connectivity index is 1.72. The van der Waals surface area contributed by atoms with Gasteiger partial charge in [0.05, 0.1) is 18.8 Å². The molecule has 0 aliphatic heterocycles. The minimum absolute atomic E-state index is 0.0408. The molecule has 1 amide bonds. The van der Waals surface area contributed by atoms with Crippen molar-refractivity contribution in [2.75, 3.05) is 7.11 Å². The summed E-state index contributed by atoms with van der Waals surface area (Å²) in [6.45, 7) is 0. The van der Waals surface area contributed by atoms with Gasteiger partial charge in [0.15, 0.2) is 11.5 Å². The number of hydrogen-bond acceptors (Lipinski definition) is 5. The Bertz CT molecular complexity index is 922. The first kappa shape index (κ1) is 15.5. The maximum atomic E-state index is 12.1. The van der Waals surface area contributed by atoms with Crippen LogP contribution in [0.4, 0.5) is 0 Å². The van der Waals surface area contributed by atoms with Crippen molar-refractivity contribution in [2.24, 2.45) is 5.10 Å². The van der Waals surface area contributed by atoms with Crippen molar-refractivity contribution in [3.63, 3.8) is 0 Å². The fourth-order valence-electron chi connectivity index (χ4n) is 2.19. The number of pyridine rings is 1. The Morgan fingerprint density at radius 1 is 1.21 bits per heavy atom. The average molecular weight is 321 g/mol. The zero-order valence-corrected chi connectivity index (χ0v) is 12.9. The number of phenolic OH excluding ortho intramolecular Hbond substituents is 1. The van der Waals surface area contributed by atoms with E-state index in [1.807, 2.05) is 30.3 Å². The fourth-order valence-corrected chi connectivity index (χ4v) is 2.19. The molecule has 2 aromatic carbocycles. The Morgan fingerprint density at radius 3 is 2.88 bits per heavy atom. The van der Waals surface area contributed by atoms with Gasteiger partial charge in [-0.15, -0.1) is 0 Å². The van der Waals surface area contributed by atoms with Gasteiger partial charge >= 0.3 is 0 Å². The number of amides is 1. The van der Waals surface area contributed by atoms with Crippen LogP contribution in [-0.2, 0) is 0 Å². The van der Waals surface area contributed by atoms with Crippen LogP contribution in [0.5, 0.6) is 11.5 Å². The average Bonchev–Trinajstić information content (AvgIpc) is 2.62. The number of para-hydroxylation sites is 1. The maximum absolute atomic E-state index is 12.1. The summed E-state index contributed by atoms with van der Waals surface area (Å²) in [5.41, 5.74) is 4.14. The summed E-state index contributed by atoms with van der Waals surface area (Å²) < 4.78 is 5.01. The fraction of sp³-hybridized carbons (Fsp3) is 0.0556. The normalized spacial score (nSPS) is 10.9. The van der Waals surface area contributed by atoms with Crippen LogP contribution in [0.2, 0.25) is 0 Å². The van der Waals surface area contributed by atoms with E-state index in [0.29, 0.717) is 11.3 Å². The van der Waals surface area contributed by atoms with Gasteiger partial charge in [0, 0.05) is 5.39 Å². The molecule has 0 spiro atoms. The van der Waals surface area contributed by atoms with E-state index < -0.39 is 5.91 Å². The van der Waals surface area contributed by atoms with Crippen LogP contribution in [0.1, 0.15) is 16.1 Å². The summed E-state index contributed by atoms with van der Waals surface area (Å²) in [5.74, 6) is -0.0248. The zero-order chi connectivity index (χ0) is 16.9. The molecular formula is C18H15N3O3. The Hall–Kier alpha value is -3.41. The Morgan fingerprint density at radius 2 is 2.04 bits per heavy atom. The molecule has 1 heterocycles. The van der Waals surface area contributed by atoms with Gasteiger partial charge in [0.1, 0.15) is 5.69 Å². The van der Waals surface area contributed by atoms with E-state index >= 15 is 0 Å². The first-order valence-corrected chi connectivity index (χ1v) is 7.23. The molecule has 2 N–H and O–H groups in total. The van der Waals surface area contributed by atoms with Gasteiger partial charge < -0.3 is 9.84 Å². The van der Waals surface area contributed by atoms with Crippen molar-refractivity contribution in [2.45, 2.75) is 0 Å². The predicted molar refractivity (Wildman–Crippen MR) is 91.5 cm³/mol. The molecule has 0 saturated heterocycles. The number of benzene rings is 2. The SMILES string of the molecule is COc1cc(C=NNC(=O)c2ccc3ccccc3n2)ccc1O. The monoisotopic (exact) mass is 321 g/mol. The van der Waals surface area contributed by atoms with E-state index in [0.717, 1.165) is 10.9 Å². The number of rotatable bonds is 4. The first-order chi connectivity index (χ1) is 11.7. The minimum Gasteiger partial charge on any atom is -0.504 e. The molecule has 24 heavy (non-hydrogen) atoms. The molecule has 1 aromatic heterocycles. The van der Waals surface area contributed by atoms with Crippen molar-refractivity contribution in [1.29, 1.82) is 0 Å². The van der Waals surface area contributed by atoms with Gasteiger partial charge in [-0.25, -0.2) is 10.4 Å². The van der Waals surface area contributed by atoms with Crippen molar-refractivity contribution in [1.82, 2.24) is 10.4 Å². The lowest BCUT2D eigenvalue weighted by Gasteiger charge is -2.04. The molecule has 0 saturated carbocycles. The van der Waals surface area contributed by atoms with Gasteiger partial charge in [0.2, 0.25) is 0 Å². The van der Waals surface area contributed by atoms with Crippen molar-refractivity contribution >= 4 is 23.0 Å². The van der Waals surface area contributed by atoms with E-state index in [4.69, 9.17) is 4.74 Å². The smallest absolute Gasteiger partial charge is 0.289 e. The highest BCUT2D eigenvalue weighted by atomic mass is 16.5. The number of phenols is 1. The third kappa shape index (κ3) is 3.33. The van der Waals surface area contributed by atoms with Crippen molar-refractivity contribution in [3.05, 3.63) is 65.9 Å². The number of carbonyl (C=O) groups is 1. The maximum Gasteiger partial charge on any atom is 0.289 e. The van der Waals surface area contributed by atoms with E-state index in [-0.39, 0.29) is 11.4 Å². The summed E-state index contributed by atoms with van der Waals surface area (Å²) >= 11 is 0. The molecule has 0 radical (unpaired) electrons. The highest BCUT2D eigenvalue weighted by Gasteiger charge is 2.07. The van der Waals surface area contributed by atoms with E-state index in [2.05, 4.69) is 15.5 Å². The number of carbonyl (C=O) groups excluding carboxylic acids is 1. The molecule has 6 heteroatoms. The van der Waals surface area contributed by atoms with Gasteiger partial charge in [-0.2, -0.15) is 5.10 Å². The third-order valence-corrected chi connectivity index (χ3v) is 3.41.